The lowest BCUT2D eigenvalue weighted by Gasteiger charge is -2.04. The van der Waals surface area contributed by atoms with E-state index in [1.165, 1.54) is 17.7 Å². The first kappa shape index (κ1) is 15.3. The zero-order valence-electron chi connectivity index (χ0n) is 13.0. The number of nitrogens with zero attached hydrogens (tertiary/aromatic N) is 3. The number of thiophene rings is 1. The van der Waals surface area contributed by atoms with Gasteiger partial charge in [0.05, 0.1) is 9.75 Å². The van der Waals surface area contributed by atoms with Gasteiger partial charge in [-0.2, -0.15) is 4.98 Å². The van der Waals surface area contributed by atoms with Gasteiger partial charge in [0.15, 0.2) is 0 Å². The molecule has 0 bridgehead atoms. The predicted molar refractivity (Wildman–Crippen MR) is 92.8 cm³/mol. The number of rotatable bonds is 5. The van der Waals surface area contributed by atoms with Crippen molar-refractivity contribution in [1.29, 1.82) is 0 Å². The van der Waals surface area contributed by atoms with E-state index in [1.807, 2.05) is 30.3 Å². The molecule has 2 N–H and O–H groups in total. The van der Waals surface area contributed by atoms with Crippen molar-refractivity contribution >= 4 is 17.2 Å². The quantitative estimate of drug-likeness (QED) is 0.576. The second-order valence-corrected chi connectivity index (χ2v) is 6.32. The van der Waals surface area contributed by atoms with Gasteiger partial charge in [0.25, 0.3) is 5.91 Å². The average molecular weight is 351 g/mol. The van der Waals surface area contributed by atoms with Crippen molar-refractivity contribution in [3.05, 3.63) is 65.6 Å². The highest BCUT2D eigenvalue weighted by Crippen LogP contribution is 2.25. The summed E-state index contributed by atoms with van der Waals surface area (Å²) in [4.78, 5) is 25.1. The summed E-state index contributed by atoms with van der Waals surface area (Å²) in [5.41, 5.74) is 1.86. The third-order valence-electron chi connectivity index (χ3n) is 3.59. The van der Waals surface area contributed by atoms with Gasteiger partial charge in [-0.3, -0.25) is 4.79 Å². The van der Waals surface area contributed by atoms with E-state index in [-0.39, 0.29) is 5.91 Å². The molecule has 0 radical (unpaired) electrons. The molecule has 0 unspecified atom stereocenters. The molecule has 0 aliphatic heterocycles. The van der Waals surface area contributed by atoms with Crippen LogP contribution in [0.5, 0.6) is 0 Å². The molecule has 4 rings (SSSR count). The summed E-state index contributed by atoms with van der Waals surface area (Å²) >= 11 is 1.40. The Kier molecular flexibility index (Phi) is 4.09. The smallest absolute Gasteiger partial charge is 0.261 e. The fourth-order valence-corrected chi connectivity index (χ4v) is 3.21. The van der Waals surface area contributed by atoms with Crippen LogP contribution in [0.4, 0.5) is 0 Å². The van der Waals surface area contributed by atoms with Crippen molar-refractivity contribution in [2.75, 3.05) is 0 Å². The Morgan fingerprint density at radius 3 is 2.76 bits per heavy atom. The van der Waals surface area contributed by atoms with E-state index in [1.54, 1.807) is 18.5 Å². The highest BCUT2D eigenvalue weighted by molar-refractivity contribution is 7.17. The Morgan fingerprint density at radius 1 is 1.16 bits per heavy atom. The molecule has 4 aromatic rings. The second-order valence-electron chi connectivity index (χ2n) is 5.24. The van der Waals surface area contributed by atoms with Gasteiger partial charge >= 0.3 is 0 Å². The number of hydrogen-bond acceptors (Lipinski definition) is 6. The predicted octanol–water partition coefficient (Wildman–Crippen LogP) is 3.12. The van der Waals surface area contributed by atoms with Crippen LogP contribution in [0.1, 0.15) is 15.2 Å². The lowest BCUT2D eigenvalue weighted by molar-refractivity contribution is 0.0955. The largest absolute Gasteiger partial charge is 0.347 e. The van der Waals surface area contributed by atoms with Gasteiger partial charge in [0.2, 0.25) is 12.2 Å². The van der Waals surface area contributed by atoms with Crippen LogP contribution < -0.4 is 5.32 Å². The van der Waals surface area contributed by atoms with Crippen LogP contribution in [0, 0.1) is 0 Å². The zero-order valence-corrected chi connectivity index (χ0v) is 13.8. The fourth-order valence-electron chi connectivity index (χ4n) is 2.33. The molecule has 0 spiro atoms. The van der Waals surface area contributed by atoms with E-state index < -0.39 is 0 Å². The summed E-state index contributed by atoms with van der Waals surface area (Å²) in [7, 11) is 0. The molecule has 8 heteroatoms. The SMILES string of the molecule is O=C(NCc1ccc(-c2ncon2)cc1)c1ccc(-c2ncc[nH]2)s1. The van der Waals surface area contributed by atoms with E-state index >= 15 is 0 Å². The Hall–Kier alpha value is -3.26. The van der Waals surface area contributed by atoms with Crippen molar-refractivity contribution in [3.8, 4) is 22.1 Å². The van der Waals surface area contributed by atoms with Gasteiger partial charge in [-0.15, -0.1) is 11.3 Å². The van der Waals surface area contributed by atoms with Crippen molar-refractivity contribution in [2.24, 2.45) is 0 Å². The van der Waals surface area contributed by atoms with E-state index in [0.29, 0.717) is 17.2 Å². The Morgan fingerprint density at radius 2 is 2.04 bits per heavy atom. The second kappa shape index (κ2) is 6.70. The molecule has 0 aliphatic rings. The Balaban J connectivity index is 1.39. The lowest BCUT2D eigenvalue weighted by Crippen LogP contribution is -2.21. The van der Waals surface area contributed by atoms with Crippen molar-refractivity contribution < 1.29 is 9.32 Å². The maximum absolute atomic E-state index is 12.3. The Bertz CT molecular complexity index is 959. The first-order valence-corrected chi connectivity index (χ1v) is 8.35. The number of carbonyl (C=O) groups excluding carboxylic acids is 1. The lowest BCUT2D eigenvalue weighted by atomic mass is 10.1. The number of aromatic amines is 1. The van der Waals surface area contributed by atoms with Gasteiger partial charge < -0.3 is 14.8 Å². The molecule has 7 nitrogen and oxygen atoms in total. The summed E-state index contributed by atoms with van der Waals surface area (Å²) in [6, 6.07) is 11.3. The topological polar surface area (TPSA) is 96.7 Å². The van der Waals surface area contributed by atoms with Crippen molar-refractivity contribution in [1.82, 2.24) is 25.4 Å². The van der Waals surface area contributed by atoms with E-state index in [0.717, 1.165) is 21.8 Å². The summed E-state index contributed by atoms with van der Waals surface area (Å²) < 4.78 is 4.73. The van der Waals surface area contributed by atoms with E-state index in [9.17, 15) is 4.79 Å². The first-order chi connectivity index (χ1) is 12.3. The molecular formula is C17H13N5O2S. The number of H-pyrrole nitrogens is 1. The molecule has 1 aromatic carbocycles. The minimum atomic E-state index is -0.106. The highest BCUT2D eigenvalue weighted by Gasteiger charge is 2.11. The molecule has 0 saturated heterocycles. The minimum absolute atomic E-state index is 0.106. The zero-order chi connectivity index (χ0) is 17.1. The van der Waals surface area contributed by atoms with Crippen molar-refractivity contribution in [3.63, 3.8) is 0 Å². The third kappa shape index (κ3) is 3.33. The maximum atomic E-state index is 12.3. The molecule has 0 aliphatic carbocycles. The normalized spacial score (nSPS) is 10.7. The standard InChI is InChI=1S/C17H13N5O2S/c23-17(14-6-5-13(25-14)16-18-7-8-19-16)20-9-11-1-3-12(4-2-11)15-21-10-24-22-15/h1-8,10H,9H2,(H,18,19)(H,20,23). The van der Waals surface area contributed by atoms with Crippen molar-refractivity contribution in [2.45, 2.75) is 6.54 Å². The van der Waals surface area contributed by atoms with Gasteiger partial charge in [-0.25, -0.2) is 4.98 Å². The third-order valence-corrected chi connectivity index (χ3v) is 4.68. The van der Waals surface area contributed by atoms with Crippen LogP contribution in [-0.2, 0) is 6.54 Å². The summed E-state index contributed by atoms with van der Waals surface area (Å²) in [5.74, 6) is 1.20. The average Bonchev–Trinajstić information content (AvgIpc) is 3.42. The number of amides is 1. The molecule has 3 aromatic heterocycles. The molecule has 25 heavy (non-hydrogen) atoms. The van der Waals surface area contributed by atoms with E-state index in [2.05, 4.69) is 25.4 Å². The minimum Gasteiger partial charge on any atom is -0.347 e. The summed E-state index contributed by atoms with van der Waals surface area (Å²) in [6.45, 7) is 0.444. The van der Waals surface area contributed by atoms with E-state index in [4.69, 9.17) is 4.52 Å². The van der Waals surface area contributed by atoms with Crippen LogP contribution >= 0.6 is 11.3 Å². The number of benzene rings is 1. The number of aromatic nitrogens is 4. The molecule has 1 amide bonds. The summed E-state index contributed by atoms with van der Waals surface area (Å²) in [5, 5.41) is 6.71. The molecular weight excluding hydrogens is 338 g/mol. The van der Waals surface area contributed by atoms with Gasteiger partial charge in [0, 0.05) is 24.5 Å². The molecule has 0 fully saturated rings. The summed E-state index contributed by atoms with van der Waals surface area (Å²) in [6.07, 6.45) is 4.74. The number of hydrogen-bond donors (Lipinski definition) is 2. The number of nitrogens with one attached hydrogen (secondary N) is 2. The van der Waals surface area contributed by atoms with Gasteiger partial charge in [-0.05, 0) is 17.7 Å². The first-order valence-electron chi connectivity index (χ1n) is 7.53. The highest BCUT2D eigenvalue weighted by atomic mass is 32.1. The monoisotopic (exact) mass is 351 g/mol. The fraction of sp³-hybridized carbons (Fsp3) is 0.0588. The van der Waals surface area contributed by atoms with Crippen LogP contribution in [-0.4, -0.2) is 26.0 Å². The number of carbonyl (C=O) groups is 1. The molecule has 0 atom stereocenters. The van der Waals surface area contributed by atoms with Gasteiger partial charge in [-0.1, -0.05) is 29.4 Å². The number of imidazole rings is 1. The van der Waals surface area contributed by atoms with Crippen LogP contribution in [0.15, 0.2) is 59.7 Å². The molecule has 3 heterocycles. The van der Waals surface area contributed by atoms with Crippen LogP contribution in [0.2, 0.25) is 0 Å². The molecule has 124 valence electrons. The van der Waals surface area contributed by atoms with Gasteiger partial charge in [0.1, 0.15) is 5.82 Å². The Labute approximate surface area is 146 Å². The molecule has 0 saturated carbocycles. The van der Waals surface area contributed by atoms with Crippen LogP contribution in [0.25, 0.3) is 22.1 Å². The maximum Gasteiger partial charge on any atom is 0.261 e. The van der Waals surface area contributed by atoms with Crippen LogP contribution in [0.3, 0.4) is 0 Å².